The van der Waals surface area contributed by atoms with Gasteiger partial charge in [0.2, 0.25) is 10.9 Å². The van der Waals surface area contributed by atoms with E-state index in [1.54, 1.807) is 0 Å². The van der Waals surface area contributed by atoms with Gasteiger partial charge in [-0.25, -0.2) is 4.39 Å². The summed E-state index contributed by atoms with van der Waals surface area (Å²) in [6.45, 7) is 10.5. The molecule has 3 heterocycles. The van der Waals surface area contributed by atoms with Crippen molar-refractivity contribution in [1.82, 2.24) is 10.2 Å². The Bertz CT molecular complexity index is 1500. The summed E-state index contributed by atoms with van der Waals surface area (Å²) < 4.78 is 19.9. The standard InChI is InChI=1S/C27H26FN3O3S/c1-14(2)12-20-29-30-26(35-20)31-22(15-6-8-16(9-7-15)27(3,4)5)21-23(32)18-13-17(28)10-11-19(18)34-24(21)25(31)33/h6-11,13-14,22H,12H2,1-5H3/t22-/m1/s1. The first-order chi connectivity index (χ1) is 16.5. The highest BCUT2D eigenvalue weighted by atomic mass is 32.1. The molecule has 35 heavy (non-hydrogen) atoms. The molecule has 5 rings (SSSR count). The Labute approximate surface area is 206 Å². The van der Waals surface area contributed by atoms with E-state index in [1.807, 2.05) is 24.3 Å². The van der Waals surface area contributed by atoms with Gasteiger partial charge in [0.1, 0.15) is 16.4 Å². The number of fused-ring (bicyclic) bond motifs is 2. The molecular weight excluding hydrogens is 465 g/mol. The number of hydrogen-bond acceptors (Lipinski definition) is 6. The monoisotopic (exact) mass is 491 g/mol. The van der Waals surface area contributed by atoms with Crippen molar-refractivity contribution in [2.24, 2.45) is 5.92 Å². The lowest BCUT2D eigenvalue weighted by molar-refractivity contribution is 0.0970. The number of carbonyl (C=O) groups is 1. The first-order valence-electron chi connectivity index (χ1n) is 11.6. The van der Waals surface area contributed by atoms with E-state index in [4.69, 9.17) is 4.42 Å². The van der Waals surface area contributed by atoms with Crippen LogP contribution < -0.4 is 10.3 Å². The molecule has 8 heteroatoms. The predicted molar refractivity (Wildman–Crippen MR) is 135 cm³/mol. The maximum absolute atomic E-state index is 14.0. The van der Waals surface area contributed by atoms with Gasteiger partial charge in [0, 0.05) is 6.42 Å². The second-order valence-corrected chi connectivity index (χ2v) is 11.4. The van der Waals surface area contributed by atoms with Crippen molar-refractivity contribution >= 4 is 33.3 Å². The van der Waals surface area contributed by atoms with Gasteiger partial charge in [0.15, 0.2) is 5.43 Å². The van der Waals surface area contributed by atoms with Crippen LogP contribution in [0, 0.1) is 11.7 Å². The minimum absolute atomic E-state index is 0.0420. The number of carbonyl (C=O) groups excluding carboxylic acids is 1. The quantitative estimate of drug-likeness (QED) is 0.348. The average molecular weight is 492 g/mol. The van der Waals surface area contributed by atoms with Crippen LogP contribution in [0.15, 0.2) is 51.7 Å². The number of hydrogen-bond donors (Lipinski definition) is 0. The van der Waals surface area contributed by atoms with Gasteiger partial charge in [-0.1, -0.05) is 70.2 Å². The highest BCUT2D eigenvalue weighted by Gasteiger charge is 2.45. The molecule has 0 bridgehead atoms. The molecule has 0 saturated carbocycles. The van der Waals surface area contributed by atoms with Gasteiger partial charge in [-0.2, -0.15) is 0 Å². The fourth-order valence-electron chi connectivity index (χ4n) is 4.40. The zero-order valence-corrected chi connectivity index (χ0v) is 21.1. The fourth-order valence-corrected chi connectivity index (χ4v) is 5.47. The van der Waals surface area contributed by atoms with Crippen LogP contribution in [0.1, 0.15) is 72.9 Å². The fraction of sp³-hybridized carbons (Fsp3) is 0.333. The molecule has 4 aromatic rings. The Morgan fingerprint density at radius 3 is 2.46 bits per heavy atom. The zero-order valence-electron chi connectivity index (χ0n) is 20.3. The minimum atomic E-state index is -0.754. The molecule has 6 nitrogen and oxygen atoms in total. The van der Waals surface area contributed by atoms with Gasteiger partial charge in [-0.15, -0.1) is 10.2 Å². The topological polar surface area (TPSA) is 76.3 Å². The van der Waals surface area contributed by atoms with Crippen LogP contribution in [0.5, 0.6) is 0 Å². The Morgan fingerprint density at radius 2 is 1.80 bits per heavy atom. The molecule has 1 aliphatic heterocycles. The summed E-state index contributed by atoms with van der Waals surface area (Å²) >= 11 is 1.33. The van der Waals surface area contributed by atoms with Crippen LogP contribution in [-0.2, 0) is 11.8 Å². The zero-order chi connectivity index (χ0) is 25.1. The van der Waals surface area contributed by atoms with Gasteiger partial charge >= 0.3 is 0 Å². The van der Waals surface area contributed by atoms with E-state index < -0.39 is 23.2 Å². The summed E-state index contributed by atoms with van der Waals surface area (Å²) in [6, 6.07) is 10.8. The summed E-state index contributed by atoms with van der Waals surface area (Å²) in [5, 5.41) is 9.89. The lowest BCUT2D eigenvalue weighted by atomic mass is 9.86. The van der Waals surface area contributed by atoms with Crippen molar-refractivity contribution in [3.05, 3.63) is 86.0 Å². The van der Waals surface area contributed by atoms with Crippen LogP contribution in [0.25, 0.3) is 11.0 Å². The first-order valence-corrected chi connectivity index (χ1v) is 12.4. The molecule has 1 aliphatic rings. The molecule has 0 saturated heterocycles. The minimum Gasteiger partial charge on any atom is -0.450 e. The Hall–Kier alpha value is -3.39. The maximum atomic E-state index is 14.0. The molecule has 0 radical (unpaired) electrons. The third kappa shape index (κ3) is 4.05. The second-order valence-electron chi connectivity index (χ2n) is 10.3. The summed E-state index contributed by atoms with van der Waals surface area (Å²) in [6.07, 6.45) is 0.734. The maximum Gasteiger partial charge on any atom is 0.297 e. The Kier molecular flexibility index (Phi) is 5.59. The highest BCUT2D eigenvalue weighted by molar-refractivity contribution is 7.15. The van der Waals surface area contributed by atoms with Crippen LogP contribution >= 0.6 is 11.3 Å². The lowest BCUT2D eigenvalue weighted by Crippen LogP contribution is -2.29. The third-order valence-electron chi connectivity index (χ3n) is 6.17. The van der Waals surface area contributed by atoms with Gasteiger partial charge in [-0.3, -0.25) is 14.5 Å². The Balaban J connectivity index is 1.72. The lowest BCUT2D eigenvalue weighted by Gasteiger charge is -2.24. The van der Waals surface area contributed by atoms with E-state index in [2.05, 4.69) is 44.8 Å². The Morgan fingerprint density at radius 1 is 1.09 bits per heavy atom. The van der Waals surface area contributed by atoms with Crippen LogP contribution in [-0.4, -0.2) is 16.1 Å². The van der Waals surface area contributed by atoms with E-state index >= 15 is 0 Å². The number of halogens is 1. The van der Waals surface area contributed by atoms with E-state index in [0.717, 1.165) is 28.6 Å². The van der Waals surface area contributed by atoms with Crippen LogP contribution in [0.4, 0.5) is 9.52 Å². The molecule has 180 valence electrons. The SMILES string of the molecule is CC(C)Cc1nnc(N2C(=O)c3oc4ccc(F)cc4c(=O)c3[C@H]2c2ccc(C(C)(C)C)cc2)s1. The molecule has 0 unspecified atom stereocenters. The smallest absolute Gasteiger partial charge is 0.297 e. The molecule has 2 aromatic heterocycles. The molecule has 0 fully saturated rings. The van der Waals surface area contributed by atoms with E-state index in [-0.39, 0.29) is 27.7 Å². The molecule has 0 aliphatic carbocycles. The van der Waals surface area contributed by atoms with Gasteiger partial charge in [-0.05, 0) is 40.7 Å². The first kappa shape index (κ1) is 23.4. The summed E-state index contributed by atoms with van der Waals surface area (Å²) in [5.74, 6) is -0.661. The number of anilines is 1. The molecule has 0 spiro atoms. The largest absolute Gasteiger partial charge is 0.450 e. The van der Waals surface area contributed by atoms with E-state index in [9.17, 15) is 14.0 Å². The predicted octanol–water partition coefficient (Wildman–Crippen LogP) is 6.03. The summed E-state index contributed by atoms with van der Waals surface area (Å²) in [5.41, 5.74) is 1.75. The van der Waals surface area contributed by atoms with Crippen molar-refractivity contribution < 1.29 is 13.6 Å². The van der Waals surface area contributed by atoms with E-state index in [0.29, 0.717) is 11.0 Å². The summed E-state index contributed by atoms with van der Waals surface area (Å²) in [7, 11) is 0. The number of aromatic nitrogens is 2. The molecule has 2 aromatic carbocycles. The average Bonchev–Trinajstić information content (AvgIpc) is 3.35. The molecule has 1 amide bonds. The van der Waals surface area contributed by atoms with Crippen LogP contribution in [0.2, 0.25) is 0 Å². The van der Waals surface area contributed by atoms with Gasteiger partial charge in [0.05, 0.1) is 17.0 Å². The van der Waals surface area contributed by atoms with Crippen molar-refractivity contribution in [3.63, 3.8) is 0 Å². The molecule has 0 N–H and O–H groups in total. The number of rotatable bonds is 4. The normalized spacial score (nSPS) is 15.9. The van der Waals surface area contributed by atoms with Gasteiger partial charge < -0.3 is 4.42 Å². The number of benzene rings is 2. The number of amides is 1. The van der Waals surface area contributed by atoms with Gasteiger partial charge in [0.25, 0.3) is 5.91 Å². The van der Waals surface area contributed by atoms with Crippen molar-refractivity contribution in [2.45, 2.75) is 52.5 Å². The van der Waals surface area contributed by atoms with Crippen molar-refractivity contribution in [3.8, 4) is 0 Å². The molecular formula is C27H26FN3O3S. The summed E-state index contributed by atoms with van der Waals surface area (Å²) in [4.78, 5) is 28.8. The number of nitrogens with zero attached hydrogens (tertiary/aromatic N) is 3. The van der Waals surface area contributed by atoms with Crippen molar-refractivity contribution in [1.29, 1.82) is 0 Å². The highest BCUT2D eigenvalue weighted by Crippen LogP contribution is 2.42. The molecule has 1 atom stereocenters. The van der Waals surface area contributed by atoms with Crippen LogP contribution in [0.3, 0.4) is 0 Å². The van der Waals surface area contributed by atoms with Crippen molar-refractivity contribution in [2.75, 3.05) is 4.90 Å². The third-order valence-corrected chi connectivity index (χ3v) is 7.11. The van der Waals surface area contributed by atoms with E-state index in [1.165, 1.54) is 28.4 Å². The second kappa shape index (κ2) is 8.37.